The molecule has 0 bridgehead atoms. The summed E-state index contributed by atoms with van der Waals surface area (Å²) in [4.78, 5) is 8.93. The quantitative estimate of drug-likeness (QED) is 0.521. The van der Waals surface area contributed by atoms with Gasteiger partial charge < -0.3 is 10.7 Å². The molecule has 1 atom stereocenters. The Morgan fingerprint density at radius 1 is 1.41 bits per heavy atom. The number of anilines is 2. The molecule has 1 aromatic rings. The Morgan fingerprint density at radius 3 is 2.71 bits per heavy atom. The maximum Gasteiger partial charge on any atom is 0.145 e. The Kier molecular flexibility index (Phi) is 3.78. The smallest absolute Gasteiger partial charge is 0.145 e. The number of rotatable bonds is 6. The van der Waals surface area contributed by atoms with Crippen molar-refractivity contribution in [3.63, 3.8) is 0 Å². The number of nitrogens with zero attached hydrogens (tertiary/aromatic N) is 2. The molecule has 0 spiro atoms. The first kappa shape index (κ1) is 12.1. The van der Waals surface area contributed by atoms with Crippen LogP contribution in [-0.2, 0) is 0 Å². The fourth-order valence-corrected chi connectivity index (χ4v) is 1.90. The zero-order chi connectivity index (χ0) is 12.3. The second-order valence-corrected chi connectivity index (χ2v) is 4.75. The summed E-state index contributed by atoms with van der Waals surface area (Å²) in [6.45, 7) is 4.35. The summed E-state index contributed by atoms with van der Waals surface area (Å²) >= 11 is 0. The van der Waals surface area contributed by atoms with Gasteiger partial charge in [0.05, 0.1) is 0 Å². The van der Waals surface area contributed by atoms with Crippen LogP contribution in [0.5, 0.6) is 0 Å². The van der Waals surface area contributed by atoms with Crippen LogP contribution in [0, 0.1) is 0 Å². The summed E-state index contributed by atoms with van der Waals surface area (Å²) in [6.07, 6.45) is 4.68. The van der Waals surface area contributed by atoms with Gasteiger partial charge in [-0.15, -0.1) is 0 Å². The maximum atomic E-state index is 5.43. The van der Waals surface area contributed by atoms with Crippen LogP contribution in [0.25, 0.3) is 0 Å². The fraction of sp³-hybridized carbons (Fsp3) is 0.667. The van der Waals surface area contributed by atoms with Gasteiger partial charge in [0.25, 0.3) is 0 Å². The number of nitrogens with two attached hydrogens (primary N) is 1. The molecule has 0 radical (unpaired) electrons. The average Bonchev–Trinajstić information content (AvgIpc) is 3.12. The number of hydrogen-bond donors (Lipinski definition) is 3. The minimum absolute atomic E-state index is 0.424. The monoisotopic (exact) mass is 235 g/mol. The summed E-state index contributed by atoms with van der Waals surface area (Å²) in [7, 11) is 0. The minimum Gasteiger partial charge on any atom is -0.367 e. The molecule has 1 unspecified atom stereocenters. The molecule has 1 aliphatic carbocycles. The molecule has 0 aliphatic heterocycles. The first-order valence-electron chi connectivity index (χ1n) is 6.35. The fourth-order valence-electron chi connectivity index (χ4n) is 1.90. The van der Waals surface area contributed by atoms with Gasteiger partial charge in [0.2, 0.25) is 0 Å². The van der Waals surface area contributed by atoms with Crippen LogP contribution >= 0.6 is 0 Å². The molecule has 5 heteroatoms. The first-order valence-corrected chi connectivity index (χ1v) is 6.35. The van der Waals surface area contributed by atoms with Crippen LogP contribution in [0.1, 0.15) is 51.3 Å². The lowest BCUT2D eigenvalue weighted by atomic mass is 10.2. The number of nitrogen functional groups attached to an aromatic ring is 1. The molecule has 1 heterocycles. The van der Waals surface area contributed by atoms with E-state index in [0.29, 0.717) is 17.8 Å². The van der Waals surface area contributed by atoms with E-state index < -0.39 is 0 Å². The van der Waals surface area contributed by atoms with Crippen molar-refractivity contribution in [2.24, 2.45) is 5.84 Å². The van der Waals surface area contributed by atoms with Crippen molar-refractivity contribution in [1.82, 2.24) is 9.97 Å². The van der Waals surface area contributed by atoms with Gasteiger partial charge in [-0.05, 0) is 26.2 Å². The van der Waals surface area contributed by atoms with E-state index in [0.717, 1.165) is 24.5 Å². The third-order valence-corrected chi connectivity index (χ3v) is 2.95. The van der Waals surface area contributed by atoms with E-state index in [4.69, 9.17) is 5.84 Å². The molecule has 0 saturated heterocycles. The second kappa shape index (κ2) is 5.31. The lowest BCUT2D eigenvalue weighted by Gasteiger charge is -2.14. The highest BCUT2D eigenvalue weighted by Gasteiger charge is 2.27. The van der Waals surface area contributed by atoms with Crippen molar-refractivity contribution < 1.29 is 0 Å². The van der Waals surface area contributed by atoms with Gasteiger partial charge in [-0.2, -0.15) is 0 Å². The second-order valence-electron chi connectivity index (χ2n) is 4.75. The van der Waals surface area contributed by atoms with Crippen LogP contribution in [0.15, 0.2) is 6.07 Å². The van der Waals surface area contributed by atoms with Gasteiger partial charge in [-0.3, -0.25) is 0 Å². The molecule has 4 N–H and O–H groups in total. The highest BCUT2D eigenvalue weighted by molar-refractivity contribution is 5.48. The highest BCUT2D eigenvalue weighted by atomic mass is 15.3. The first-order chi connectivity index (χ1) is 8.22. The van der Waals surface area contributed by atoms with E-state index in [1.54, 1.807) is 0 Å². The summed E-state index contributed by atoms with van der Waals surface area (Å²) in [5, 5.41) is 3.39. The average molecular weight is 235 g/mol. The number of nitrogens with one attached hydrogen (secondary N) is 2. The van der Waals surface area contributed by atoms with Crippen LogP contribution in [0.4, 0.5) is 11.6 Å². The van der Waals surface area contributed by atoms with Gasteiger partial charge in [0.15, 0.2) is 0 Å². The topological polar surface area (TPSA) is 75.9 Å². The molecule has 2 rings (SSSR count). The molecule has 17 heavy (non-hydrogen) atoms. The van der Waals surface area contributed by atoms with Crippen molar-refractivity contribution in [2.75, 3.05) is 10.7 Å². The molecular weight excluding hydrogens is 214 g/mol. The Morgan fingerprint density at radius 2 is 2.12 bits per heavy atom. The molecule has 1 aromatic heterocycles. The Labute approximate surface area is 102 Å². The van der Waals surface area contributed by atoms with Gasteiger partial charge in [-0.1, -0.05) is 13.3 Å². The van der Waals surface area contributed by atoms with Crippen LogP contribution in [0.3, 0.4) is 0 Å². The van der Waals surface area contributed by atoms with Crippen molar-refractivity contribution in [1.29, 1.82) is 0 Å². The molecule has 1 aliphatic rings. The van der Waals surface area contributed by atoms with Crippen LogP contribution < -0.4 is 16.6 Å². The highest BCUT2D eigenvalue weighted by Crippen LogP contribution is 2.38. The summed E-state index contributed by atoms with van der Waals surface area (Å²) in [5.41, 5.74) is 2.60. The molecule has 0 aromatic carbocycles. The molecule has 1 saturated carbocycles. The van der Waals surface area contributed by atoms with Crippen molar-refractivity contribution in [3.05, 3.63) is 11.9 Å². The molecule has 1 fully saturated rings. The van der Waals surface area contributed by atoms with E-state index in [2.05, 4.69) is 34.6 Å². The molecule has 94 valence electrons. The van der Waals surface area contributed by atoms with Crippen LogP contribution in [-0.4, -0.2) is 16.0 Å². The summed E-state index contributed by atoms with van der Waals surface area (Å²) in [6, 6.07) is 2.28. The standard InChI is InChI=1S/C12H21N5/c1-3-4-8(2)14-10-7-11(17-13)16-12(15-10)9-5-6-9/h7-9H,3-6,13H2,1-2H3,(H2,14,15,16,17). The van der Waals surface area contributed by atoms with Gasteiger partial charge in [0.1, 0.15) is 17.5 Å². The van der Waals surface area contributed by atoms with Gasteiger partial charge in [0, 0.05) is 18.0 Å². The number of aromatic nitrogens is 2. The molecule has 0 amide bonds. The Bertz CT molecular complexity index is 375. The van der Waals surface area contributed by atoms with E-state index >= 15 is 0 Å². The van der Waals surface area contributed by atoms with Crippen molar-refractivity contribution in [2.45, 2.75) is 51.5 Å². The van der Waals surface area contributed by atoms with E-state index in [1.807, 2.05) is 6.07 Å². The summed E-state index contributed by atoms with van der Waals surface area (Å²) < 4.78 is 0. The minimum atomic E-state index is 0.424. The van der Waals surface area contributed by atoms with E-state index in [-0.39, 0.29) is 0 Å². The SMILES string of the molecule is CCCC(C)Nc1cc(NN)nc(C2CC2)n1. The zero-order valence-electron chi connectivity index (χ0n) is 10.5. The predicted octanol–water partition coefficient (Wildman–Crippen LogP) is 2.24. The third-order valence-electron chi connectivity index (χ3n) is 2.95. The lowest BCUT2D eigenvalue weighted by Crippen LogP contribution is -2.17. The Hall–Kier alpha value is -1.36. The number of hydrogen-bond acceptors (Lipinski definition) is 5. The zero-order valence-corrected chi connectivity index (χ0v) is 10.5. The maximum absolute atomic E-state index is 5.43. The van der Waals surface area contributed by atoms with E-state index in [1.165, 1.54) is 12.8 Å². The van der Waals surface area contributed by atoms with Gasteiger partial charge in [-0.25, -0.2) is 15.8 Å². The normalized spacial score (nSPS) is 16.6. The molecular formula is C12H21N5. The Balaban J connectivity index is 2.11. The van der Waals surface area contributed by atoms with Crippen molar-refractivity contribution >= 4 is 11.6 Å². The number of hydrazine groups is 1. The third kappa shape index (κ3) is 3.30. The lowest BCUT2D eigenvalue weighted by molar-refractivity contribution is 0.686. The summed E-state index contributed by atoms with van der Waals surface area (Å²) in [5.74, 6) is 8.43. The molecule has 5 nitrogen and oxygen atoms in total. The van der Waals surface area contributed by atoms with Crippen LogP contribution in [0.2, 0.25) is 0 Å². The van der Waals surface area contributed by atoms with E-state index in [9.17, 15) is 0 Å². The van der Waals surface area contributed by atoms with Crippen molar-refractivity contribution in [3.8, 4) is 0 Å². The van der Waals surface area contributed by atoms with Gasteiger partial charge >= 0.3 is 0 Å². The predicted molar refractivity (Wildman–Crippen MR) is 69.8 cm³/mol. The largest absolute Gasteiger partial charge is 0.367 e.